The summed E-state index contributed by atoms with van der Waals surface area (Å²) in [4.78, 5) is 21.5. The second-order valence-electron chi connectivity index (χ2n) is 4.56. The topological polar surface area (TPSA) is 108 Å². The van der Waals surface area contributed by atoms with Crippen molar-refractivity contribution in [2.45, 2.75) is 32.9 Å². The summed E-state index contributed by atoms with van der Waals surface area (Å²) in [5.41, 5.74) is -0.214. The van der Waals surface area contributed by atoms with Gasteiger partial charge in [0.05, 0.1) is 16.0 Å². The Morgan fingerprint density at radius 3 is 2.55 bits per heavy atom. The van der Waals surface area contributed by atoms with Gasteiger partial charge in [-0.15, -0.1) is 0 Å². The molecule has 0 amide bonds. The lowest BCUT2D eigenvalue weighted by molar-refractivity contribution is -0.384. The van der Waals surface area contributed by atoms with Gasteiger partial charge in [-0.3, -0.25) is 14.9 Å². The van der Waals surface area contributed by atoms with E-state index in [9.17, 15) is 19.5 Å². The second-order valence-corrected chi connectivity index (χ2v) is 5.92. The van der Waals surface area contributed by atoms with Gasteiger partial charge < -0.3 is 4.74 Å². The summed E-state index contributed by atoms with van der Waals surface area (Å²) in [6, 6.07) is 2.63. The molecule has 0 radical (unpaired) electrons. The molecule has 1 rings (SSSR count). The number of ether oxygens (including phenoxy) is 1. The number of halogens is 1. The fourth-order valence-corrected chi connectivity index (χ4v) is 2.42. The molecule has 2 atom stereocenters. The molecule has 10 heteroatoms. The van der Waals surface area contributed by atoms with Crippen molar-refractivity contribution in [1.82, 2.24) is 5.09 Å². The average Bonchev–Trinajstić information content (AvgIpc) is 2.39. The van der Waals surface area contributed by atoms with E-state index in [1.807, 2.05) is 0 Å². The third-order valence-corrected chi connectivity index (χ3v) is 3.57. The Kier molecular flexibility index (Phi) is 6.67. The molecule has 0 fully saturated rings. The first-order valence-corrected chi connectivity index (χ1v) is 7.82. The largest absolute Gasteiger partial charge is 0.664 e. The molecule has 0 bridgehead atoms. The third-order valence-electron chi connectivity index (χ3n) is 2.31. The highest BCUT2D eigenvalue weighted by Crippen LogP contribution is 2.33. The van der Waals surface area contributed by atoms with E-state index in [1.165, 1.54) is 19.1 Å². The van der Waals surface area contributed by atoms with Crippen LogP contribution in [0.3, 0.4) is 0 Å². The number of hydrogen-bond acceptors (Lipinski definition) is 6. The van der Waals surface area contributed by atoms with E-state index in [1.54, 1.807) is 13.8 Å². The van der Waals surface area contributed by atoms with Gasteiger partial charge >= 0.3 is 14.1 Å². The number of rotatable bonds is 7. The lowest BCUT2D eigenvalue weighted by atomic mass is 10.3. The third kappa shape index (κ3) is 5.55. The van der Waals surface area contributed by atoms with Crippen LogP contribution in [0.5, 0.6) is 5.75 Å². The Morgan fingerprint density at radius 1 is 1.41 bits per heavy atom. The van der Waals surface area contributed by atoms with Crippen LogP contribution in [0.25, 0.3) is 0 Å². The lowest BCUT2D eigenvalue weighted by Crippen LogP contribution is -2.33. The number of non-ortho nitro benzene ring substituents is 1. The van der Waals surface area contributed by atoms with Crippen LogP contribution in [0.4, 0.5) is 5.69 Å². The van der Waals surface area contributed by atoms with Gasteiger partial charge in [-0.1, -0.05) is 16.7 Å². The van der Waals surface area contributed by atoms with Gasteiger partial charge in [-0.25, -0.2) is 4.52 Å². The zero-order chi connectivity index (χ0) is 16.9. The number of nitrogens with one attached hydrogen (secondary N) is 1. The number of nitro benzene ring substituents is 1. The SMILES string of the molecule is CC(C)OC(=O)[C@H](C)N[P+](=O)Oc1ccc([N+](=O)[O-])cc1Cl. The Labute approximate surface area is 132 Å². The number of nitro groups is 1. The molecule has 0 aromatic heterocycles. The molecule has 0 saturated carbocycles. The normalized spacial score (nSPS) is 12.7. The summed E-state index contributed by atoms with van der Waals surface area (Å²) in [5, 5.41) is 12.9. The van der Waals surface area contributed by atoms with Crippen LogP contribution in [-0.2, 0) is 14.1 Å². The molecule has 22 heavy (non-hydrogen) atoms. The van der Waals surface area contributed by atoms with Gasteiger partial charge in [0.1, 0.15) is 6.04 Å². The number of esters is 1. The minimum Gasteiger partial charge on any atom is -0.462 e. The summed E-state index contributed by atoms with van der Waals surface area (Å²) < 4.78 is 21.8. The number of carbonyl (C=O) groups is 1. The van der Waals surface area contributed by atoms with Crippen molar-refractivity contribution in [1.29, 1.82) is 0 Å². The van der Waals surface area contributed by atoms with Crippen molar-refractivity contribution >= 4 is 31.4 Å². The Bertz CT molecular complexity index is 595. The standard InChI is InChI=1S/C12H15ClN2O6P/c1-7(2)20-12(16)8(3)14-22(19)21-11-5-4-9(15(17)18)6-10(11)13/h4-8H,1-3H3,(H,14,19)/q+1/t8-/m0/s1. The molecule has 0 aliphatic rings. The summed E-state index contributed by atoms with van der Waals surface area (Å²) in [6.07, 6.45) is -0.292. The number of hydrogen-bond donors (Lipinski definition) is 1. The summed E-state index contributed by atoms with van der Waals surface area (Å²) in [6.45, 7) is 4.86. The molecule has 1 unspecified atom stereocenters. The quantitative estimate of drug-likeness (QED) is 0.348. The maximum Gasteiger partial charge on any atom is 0.664 e. The number of benzene rings is 1. The van der Waals surface area contributed by atoms with E-state index in [4.69, 9.17) is 20.9 Å². The minimum absolute atomic E-state index is 0.00491. The van der Waals surface area contributed by atoms with Crippen molar-refractivity contribution < 1.29 is 23.5 Å². The zero-order valence-electron chi connectivity index (χ0n) is 12.1. The zero-order valence-corrected chi connectivity index (χ0v) is 13.8. The molecule has 0 aliphatic heterocycles. The fourth-order valence-electron chi connectivity index (χ4n) is 1.34. The molecule has 8 nitrogen and oxygen atoms in total. The van der Waals surface area contributed by atoms with Crippen molar-refractivity contribution in [3.05, 3.63) is 33.3 Å². The number of nitrogens with zero attached hydrogens (tertiary/aromatic N) is 1. The summed E-state index contributed by atoms with van der Waals surface area (Å²) in [5.74, 6) is -0.568. The van der Waals surface area contributed by atoms with Crippen molar-refractivity contribution in [3.8, 4) is 5.75 Å². The van der Waals surface area contributed by atoms with Gasteiger partial charge in [0, 0.05) is 16.7 Å². The molecule has 0 heterocycles. The Hall–Kier alpha value is -1.76. The predicted molar refractivity (Wildman–Crippen MR) is 80.2 cm³/mol. The van der Waals surface area contributed by atoms with E-state index < -0.39 is 25.1 Å². The molecular formula is C12H15ClN2O6P+. The lowest BCUT2D eigenvalue weighted by Gasteiger charge is -2.10. The average molecular weight is 350 g/mol. The van der Waals surface area contributed by atoms with Gasteiger partial charge in [0.25, 0.3) is 5.69 Å². The highest BCUT2D eigenvalue weighted by atomic mass is 35.5. The van der Waals surface area contributed by atoms with E-state index >= 15 is 0 Å². The Balaban J connectivity index is 2.65. The van der Waals surface area contributed by atoms with E-state index in [0.29, 0.717) is 0 Å². The molecule has 0 saturated heterocycles. The van der Waals surface area contributed by atoms with Crippen molar-refractivity contribution in [2.75, 3.05) is 0 Å². The van der Waals surface area contributed by atoms with Gasteiger partial charge in [-0.05, 0) is 26.8 Å². The first-order valence-electron chi connectivity index (χ1n) is 6.26. The molecule has 1 N–H and O–H groups in total. The van der Waals surface area contributed by atoms with Crippen LogP contribution in [-0.4, -0.2) is 23.0 Å². The minimum atomic E-state index is -2.45. The van der Waals surface area contributed by atoms with Crippen molar-refractivity contribution in [3.63, 3.8) is 0 Å². The highest BCUT2D eigenvalue weighted by Gasteiger charge is 2.30. The van der Waals surface area contributed by atoms with E-state index in [2.05, 4.69) is 5.09 Å². The molecule has 1 aromatic carbocycles. The van der Waals surface area contributed by atoms with Gasteiger partial charge in [0.2, 0.25) is 5.75 Å². The molecule has 1 aromatic rings. The fraction of sp³-hybridized carbons (Fsp3) is 0.417. The summed E-state index contributed by atoms with van der Waals surface area (Å²) in [7, 11) is -2.45. The van der Waals surface area contributed by atoms with Gasteiger partial charge in [-0.2, -0.15) is 0 Å². The first-order chi connectivity index (χ1) is 10.2. The molecular weight excluding hydrogens is 335 g/mol. The van der Waals surface area contributed by atoms with E-state index in [0.717, 1.165) is 6.07 Å². The van der Waals surface area contributed by atoms with Crippen LogP contribution >= 0.6 is 19.8 Å². The smallest absolute Gasteiger partial charge is 0.462 e. The maximum absolute atomic E-state index is 11.8. The molecule has 120 valence electrons. The Morgan fingerprint density at radius 2 is 2.05 bits per heavy atom. The van der Waals surface area contributed by atoms with Crippen LogP contribution < -0.4 is 9.61 Å². The van der Waals surface area contributed by atoms with Crippen molar-refractivity contribution in [2.24, 2.45) is 0 Å². The second kappa shape index (κ2) is 8.03. The van der Waals surface area contributed by atoms with Gasteiger partial charge in [0.15, 0.2) is 0 Å². The highest BCUT2D eigenvalue weighted by molar-refractivity contribution is 7.37. The van der Waals surface area contributed by atoms with Crippen LogP contribution in [0, 0.1) is 10.1 Å². The van der Waals surface area contributed by atoms with Crippen LogP contribution in [0.2, 0.25) is 5.02 Å². The summed E-state index contributed by atoms with van der Waals surface area (Å²) >= 11 is 5.81. The maximum atomic E-state index is 11.8. The predicted octanol–water partition coefficient (Wildman–Crippen LogP) is 3.21. The van der Waals surface area contributed by atoms with E-state index in [-0.39, 0.29) is 22.6 Å². The molecule has 0 spiro atoms. The first kappa shape index (κ1) is 18.3. The van der Waals surface area contributed by atoms with Crippen LogP contribution in [0.15, 0.2) is 18.2 Å². The number of carbonyl (C=O) groups excluding carboxylic acids is 1. The monoisotopic (exact) mass is 349 g/mol. The molecule has 0 aliphatic carbocycles. The van der Waals surface area contributed by atoms with Crippen LogP contribution in [0.1, 0.15) is 20.8 Å².